The average Bonchev–Trinajstić information content (AvgIpc) is 2.13. The van der Waals surface area contributed by atoms with Crippen LogP contribution >= 0.6 is 11.8 Å². The van der Waals surface area contributed by atoms with Gasteiger partial charge in [0.1, 0.15) is 5.54 Å². The van der Waals surface area contributed by atoms with Crippen molar-refractivity contribution in [3.8, 4) is 0 Å². The Morgan fingerprint density at radius 1 is 1.59 bits per heavy atom. The van der Waals surface area contributed by atoms with Gasteiger partial charge >= 0.3 is 5.97 Å². The molecule has 0 radical (unpaired) electrons. The highest BCUT2D eigenvalue weighted by Gasteiger charge is 2.32. The monoisotopic (exact) mass is 261 g/mol. The number of hydrogen-bond donors (Lipinski definition) is 2. The molecule has 0 aromatic rings. The van der Waals surface area contributed by atoms with Gasteiger partial charge in [0.05, 0.1) is 18.5 Å². The summed E-state index contributed by atoms with van der Waals surface area (Å²) in [5.74, 6) is 0.250. The van der Waals surface area contributed by atoms with E-state index in [4.69, 9.17) is 4.74 Å². The Bertz CT molecular complexity index is 256. The minimum Gasteiger partial charge on any atom is -0.480 e. The van der Waals surface area contributed by atoms with Gasteiger partial charge in [-0.2, -0.15) is 11.8 Å². The zero-order valence-corrected chi connectivity index (χ0v) is 11.7. The summed E-state index contributed by atoms with van der Waals surface area (Å²) in [5.41, 5.74) is -0.801. The van der Waals surface area contributed by atoms with Gasteiger partial charge in [0, 0.05) is 6.04 Å². The Balaban J connectivity index is 2.25. The molecule has 0 spiro atoms. The van der Waals surface area contributed by atoms with Crippen molar-refractivity contribution in [1.82, 2.24) is 5.32 Å². The highest BCUT2D eigenvalue weighted by molar-refractivity contribution is 8.00. The van der Waals surface area contributed by atoms with Gasteiger partial charge in [-0.3, -0.25) is 10.1 Å². The topological polar surface area (TPSA) is 58.6 Å². The van der Waals surface area contributed by atoms with Crippen molar-refractivity contribution in [2.45, 2.75) is 50.4 Å². The summed E-state index contributed by atoms with van der Waals surface area (Å²) in [4.78, 5) is 11.3. The van der Waals surface area contributed by atoms with Crippen molar-refractivity contribution in [3.63, 3.8) is 0 Å². The molecule has 1 fully saturated rings. The Labute approximate surface area is 107 Å². The number of thioether (sulfide) groups is 1. The van der Waals surface area contributed by atoms with E-state index in [1.54, 1.807) is 6.92 Å². The summed E-state index contributed by atoms with van der Waals surface area (Å²) < 4.78 is 5.10. The zero-order valence-electron chi connectivity index (χ0n) is 10.9. The minimum atomic E-state index is -0.801. The summed E-state index contributed by atoms with van der Waals surface area (Å²) in [6.07, 6.45) is 1.59. The van der Waals surface area contributed by atoms with E-state index in [0.29, 0.717) is 11.7 Å². The van der Waals surface area contributed by atoms with Crippen LogP contribution in [0, 0.1) is 0 Å². The van der Waals surface area contributed by atoms with E-state index in [9.17, 15) is 9.90 Å². The molecule has 2 N–H and O–H groups in total. The first-order valence-corrected chi connectivity index (χ1v) is 7.19. The Hall–Kier alpha value is -0.260. The highest BCUT2D eigenvalue weighted by Crippen LogP contribution is 2.22. The van der Waals surface area contributed by atoms with Crippen LogP contribution in [0.5, 0.6) is 0 Å². The fraction of sp³-hybridized carbons (Fsp3) is 0.917. The summed E-state index contributed by atoms with van der Waals surface area (Å²) in [6, 6.07) is 0.184. The van der Waals surface area contributed by atoms with Crippen LogP contribution in [0.1, 0.15) is 33.6 Å². The van der Waals surface area contributed by atoms with Crippen molar-refractivity contribution in [2.75, 3.05) is 19.0 Å². The van der Waals surface area contributed by atoms with Crippen LogP contribution in [-0.4, -0.2) is 46.9 Å². The predicted molar refractivity (Wildman–Crippen MR) is 70.6 cm³/mol. The van der Waals surface area contributed by atoms with E-state index in [0.717, 1.165) is 25.4 Å². The van der Waals surface area contributed by atoms with Crippen molar-refractivity contribution in [3.05, 3.63) is 0 Å². The van der Waals surface area contributed by atoms with Gasteiger partial charge in [0.25, 0.3) is 0 Å². The molecule has 0 aromatic heterocycles. The summed E-state index contributed by atoms with van der Waals surface area (Å²) in [5, 5.41) is 13.0. The Morgan fingerprint density at radius 2 is 2.24 bits per heavy atom. The van der Waals surface area contributed by atoms with Crippen LogP contribution < -0.4 is 5.32 Å². The van der Waals surface area contributed by atoms with Crippen molar-refractivity contribution < 1.29 is 14.6 Å². The fourth-order valence-corrected chi connectivity index (χ4v) is 2.89. The molecule has 17 heavy (non-hydrogen) atoms. The lowest BCUT2D eigenvalue weighted by Crippen LogP contribution is -2.52. The maximum Gasteiger partial charge on any atom is 0.323 e. The van der Waals surface area contributed by atoms with Crippen molar-refractivity contribution >= 4 is 17.7 Å². The molecule has 1 atom stereocenters. The number of carbonyl (C=O) groups is 1. The van der Waals surface area contributed by atoms with Crippen molar-refractivity contribution in [2.24, 2.45) is 0 Å². The third-order valence-corrected chi connectivity index (χ3v) is 4.13. The molecule has 1 saturated heterocycles. The SMILES string of the molecule is CC(C)NC(C)(CCCSC1COC1)C(=O)O. The van der Waals surface area contributed by atoms with E-state index in [-0.39, 0.29) is 6.04 Å². The first kappa shape index (κ1) is 14.8. The van der Waals surface area contributed by atoms with E-state index < -0.39 is 11.5 Å². The van der Waals surface area contributed by atoms with E-state index in [1.807, 2.05) is 25.6 Å². The van der Waals surface area contributed by atoms with E-state index in [1.165, 1.54) is 0 Å². The van der Waals surface area contributed by atoms with Gasteiger partial charge in [0.2, 0.25) is 0 Å². The fourth-order valence-electron chi connectivity index (χ4n) is 1.86. The summed E-state index contributed by atoms with van der Waals surface area (Å²) >= 11 is 1.89. The smallest absolute Gasteiger partial charge is 0.323 e. The first-order chi connectivity index (χ1) is 7.94. The Kier molecular flexibility index (Phi) is 5.76. The van der Waals surface area contributed by atoms with E-state index >= 15 is 0 Å². The second-order valence-corrected chi connectivity index (χ2v) is 6.48. The molecule has 0 aliphatic carbocycles. The molecular weight excluding hydrogens is 238 g/mol. The summed E-state index contributed by atoms with van der Waals surface area (Å²) in [6.45, 7) is 7.42. The predicted octanol–water partition coefficient (Wildman–Crippen LogP) is 1.74. The largest absolute Gasteiger partial charge is 0.480 e. The number of hydrogen-bond acceptors (Lipinski definition) is 4. The number of rotatable bonds is 8. The molecule has 4 nitrogen and oxygen atoms in total. The lowest BCUT2D eigenvalue weighted by Gasteiger charge is -2.29. The molecule has 1 heterocycles. The first-order valence-electron chi connectivity index (χ1n) is 6.14. The third-order valence-electron chi connectivity index (χ3n) is 2.86. The quantitative estimate of drug-likeness (QED) is 0.652. The van der Waals surface area contributed by atoms with Crippen LogP contribution in [0.25, 0.3) is 0 Å². The molecule has 100 valence electrons. The van der Waals surface area contributed by atoms with Gasteiger partial charge in [-0.15, -0.1) is 0 Å². The lowest BCUT2D eigenvalue weighted by molar-refractivity contribution is -0.144. The molecule has 1 rings (SSSR count). The molecule has 0 aromatic carbocycles. The molecule has 0 saturated carbocycles. The van der Waals surface area contributed by atoms with Gasteiger partial charge in [-0.1, -0.05) is 0 Å². The maximum absolute atomic E-state index is 11.3. The molecule has 1 aliphatic heterocycles. The molecule has 1 unspecified atom stereocenters. The normalized spacial score (nSPS) is 20.0. The number of carboxylic acids is 1. The number of aliphatic carboxylic acids is 1. The summed E-state index contributed by atoms with van der Waals surface area (Å²) in [7, 11) is 0. The molecule has 0 bridgehead atoms. The van der Waals surface area contributed by atoms with Gasteiger partial charge in [-0.05, 0) is 39.4 Å². The van der Waals surface area contributed by atoms with Crippen LogP contribution in [0.3, 0.4) is 0 Å². The highest BCUT2D eigenvalue weighted by atomic mass is 32.2. The van der Waals surface area contributed by atoms with Crippen LogP contribution in [-0.2, 0) is 9.53 Å². The number of carboxylic acid groups (broad SMARTS) is 1. The van der Waals surface area contributed by atoms with E-state index in [2.05, 4.69) is 5.32 Å². The second kappa shape index (κ2) is 6.61. The standard InChI is InChI=1S/C12H23NO3S/c1-9(2)13-12(3,11(14)15)5-4-6-17-10-7-16-8-10/h9-10,13H,4-8H2,1-3H3,(H,14,15). The second-order valence-electron chi connectivity index (χ2n) is 5.07. The van der Waals surface area contributed by atoms with Gasteiger partial charge in [0.15, 0.2) is 0 Å². The number of nitrogens with one attached hydrogen (secondary N) is 1. The Morgan fingerprint density at radius 3 is 2.65 bits per heavy atom. The minimum absolute atomic E-state index is 0.184. The van der Waals surface area contributed by atoms with Crippen molar-refractivity contribution in [1.29, 1.82) is 0 Å². The average molecular weight is 261 g/mol. The van der Waals surface area contributed by atoms with Crippen LogP contribution in [0.2, 0.25) is 0 Å². The lowest BCUT2D eigenvalue weighted by atomic mass is 9.95. The van der Waals surface area contributed by atoms with Crippen LogP contribution in [0.15, 0.2) is 0 Å². The molecule has 5 heteroatoms. The zero-order chi connectivity index (χ0) is 12.9. The molecule has 0 amide bonds. The number of ether oxygens (including phenoxy) is 1. The molecule has 1 aliphatic rings. The maximum atomic E-state index is 11.3. The van der Waals surface area contributed by atoms with Gasteiger partial charge in [-0.25, -0.2) is 0 Å². The third kappa shape index (κ3) is 4.85. The van der Waals surface area contributed by atoms with Gasteiger partial charge < -0.3 is 9.84 Å². The molecular formula is C12H23NO3S. The van der Waals surface area contributed by atoms with Crippen LogP contribution in [0.4, 0.5) is 0 Å².